The molecular weight excluding hydrogens is 261 g/mol. The molecule has 100 valence electrons. The molecule has 0 aliphatic heterocycles. The smallest absolute Gasteiger partial charge is 0.126 e. The first-order valence-electron chi connectivity index (χ1n) is 6.23. The number of rotatable bonds is 3. The first kappa shape index (κ1) is 14.0. The zero-order chi connectivity index (χ0) is 14.0. The van der Waals surface area contributed by atoms with Crippen LogP contribution in [0.25, 0.3) is 0 Å². The average molecular weight is 278 g/mol. The van der Waals surface area contributed by atoms with Crippen LogP contribution in [0, 0.1) is 19.7 Å². The van der Waals surface area contributed by atoms with E-state index in [0.717, 1.165) is 21.7 Å². The molecule has 19 heavy (non-hydrogen) atoms. The Labute approximate surface area is 118 Å². The largest absolute Gasteiger partial charge is 0.309 e. The Morgan fingerprint density at radius 2 is 1.84 bits per heavy atom. The summed E-state index contributed by atoms with van der Waals surface area (Å²) in [5, 5.41) is 4.00. The van der Waals surface area contributed by atoms with Crippen molar-refractivity contribution in [1.82, 2.24) is 5.32 Å². The van der Waals surface area contributed by atoms with Gasteiger partial charge in [-0.3, -0.25) is 0 Å². The van der Waals surface area contributed by atoms with Crippen LogP contribution >= 0.6 is 11.6 Å². The third-order valence-corrected chi connectivity index (χ3v) is 3.85. The van der Waals surface area contributed by atoms with Crippen molar-refractivity contribution in [3.05, 3.63) is 69.5 Å². The standard InChI is InChI=1S/C16H17ClFN/c1-10-5-4-6-13(15(10)17)16(19-3)12-7-8-14(18)11(2)9-12/h4-9,16,19H,1-3H3. The van der Waals surface area contributed by atoms with E-state index in [0.29, 0.717) is 5.56 Å². The van der Waals surface area contributed by atoms with Crippen molar-refractivity contribution >= 4 is 11.6 Å². The van der Waals surface area contributed by atoms with Gasteiger partial charge in [0.1, 0.15) is 5.82 Å². The van der Waals surface area contributed by atoms with Gasteiger partial charge in [0, 0.05) is 5.02 Å². The van der Waals surface area contributed by atoms with Crippen LogP contribution in [0.3, 0.4) is 0 Å². The number of hydrogen-bond donors (Lipinski definition) is 1. The quantitative estimate of drug-likeness (QED) is 0.876. The molecule has 0 aromatic heterocycles. The molecule has 0 radical (unpaired) electrons. The molecule has 2 aromatic rings. The SMILES string of the molecule is CNC(c1ccc(F)c(C)c1)c1cccc(C)c1Cl. The molecule has 0 fully saturated rings. The third-order valence-electron chi connectivity index (χ3n) is 3.34. The van der Waals surface area contributed by atoms with Crippen molar-refractivity contribution in [2.45, 2.75) is 19.9 Å². The summed E-state index contributed by atoms with van der Waals surface area (Å²) in [6.07, 6.45) is 0. The van der Waals surface area contributed by atoms with Gasteiger partial charge in [-0.15, -0.1) is 0 Å². The van der Waals surface area contributed by atoms with Gasteiger partial charge in [-0.25, -0.2) is 4.39 Å². The monoisotopic (exact) mass is 277 g/mol. The fraction of sp³-hybridized carbons (Fsp3) is 0.250. The number of aryl methyl sites for hydroxylation is 2. The van der Waals surface area contributed by atoms with Crippen molar-refractivity contribution in [1.29, 1.82) is 0 Å². The van der Waals surface area contributed by atoms with E-state index in [1.807, 2.05) is 38.2 Å². The summed E-state index contributed by atoms with van der Waals surface area (Å²) >= 11 is 6.37. The van der Waals surface area contributed by atoms with E-state index in [2.05, 4.69) is 5.32 Å². The van der Waals surface area contributed by atoms with Crippen LogP contribution in [0.2, 0.25) is 5.02 Å². The highest BCUT2D eigenvalue weighted by Crippen LogP contribution is 2.30. The summed E-state index contributed by atoms with van der Waals surface area (Å²) in [6.45, 7) is 3.75. The Hall–Kier alpha value is -1.38. The maximum Gasteiger partial charge on any atom is 0.126 e. The lowest BCUT2D eigenvalue weighted by Gasteiger charge is -2.20. The second-order valence-electron chi connectivity index (χ2n) is 4.71. The number of halogens is 2. The zero-order valence-electron chi connectivity index (χ0n) is 11.3. The van der Waals surface area contributed by atoms with Gasteiger partial charge in [-0.1, -0.05) is 41.9 Å². The molecule has 0 amide bonds. The highest BCUT2D eigenvalue weighted by Gasteiger charge is 2.16. The lowest BCUT2D eigenvalue weighted by molar-refractivity contribution is 0.614. The molecule has 1 N–H and O–H groups in total. The van der Waals surface area contributed by atoms with Gasteiger partial charge in [0.05, 0.1) is 6.04 Å². The van der Waals surface area contributed by atoms with Gasteiger partial charge in [-0.05, 0) is 49.2 Å². The fourth-order valence-electron chi connectivity index (χ4n) is 2.24. The molecule has 0 aliphatic rings. The predicted octanol–water partition coefficient (Wildman–Crippen LogP) is 4.40. The molecule has 1 atom stereocenters. The first-order chi connectivity index (χ1) is 9.04. The van der Waals surface area contributed by atoms with Gasteiger partial charge in [0.25, 0.3) is 0 Å². The Morgan fingerprint density at radius 3 is 2.47 bits per heavy atom. The molecule has 0 spiro atoms. The zero-order valence-corrected chi connectivity index (χ0v) is 12.1. The molecule has 0 aliphatic carbocycles. The second kappa shape index (κ2) is 5.72. The first-order valence-corrected chi connectivity index (χ1v) is 6.60. The number of hydrogen-bond acceptors (Lipinski definition) is 1. The number of benzene rings is 2. The Morgan fingerprint density at radius 1 is 1.11 bits per heavy atom. The maximum absolute atomic E-state index is 13.4. The van der Waals surface area contributed by atoms with E-state index in [1.54, 1.807) is 13.0 Å². The van der Waals surface area contributed by atoms with Gasteiger partial charge in [0.15, 0.2) is 0 Å². The summed E-state index contributed by atoms with van der Waals surface area (Å²) in [5.74, 6) is -0.186. The van der Waals surface area contributed by atoms with Gasteiger partial charge < -0.3 is 5.32 Å². The van der Waals surface area contributed by atoms with E-state index in [-0.39, 0.29) is 11.9 Å². The molecule has 2 rings (SSSR count). The van der Waals surface area contributed by atoms with Crippen LogP contribution in [0.15, 0.2) is 36.4 Å². The summed E-state index contributed by atoms with van der Waals surface area (Å²) in [5.41, 5.74) is 3.70. The summed E-state index contributed by atoms with van der Waals surface area (Å²) < 4.78 is 13.4. The van der Waals surface area contributed by atoms with E-state index in [1.165, 1.54) is 6.07 Å². The average Bonchev–Trinajstić information content (AvgIpc) is 2.39. The molecule has 1 nitrogen and oxygen atoms in total. The normalized spacial score (nSPS) is 12.5. The van der Waals surface area contributed by atoms with Gasteiger partial charge in [0.2, 0.25) is 0 Å². The van der Waals surface area contributed by atoms with E-state index < -0.39 is 0 Å². The molecule has 0 heterocycles. The van der Waals surface area contributed by atoms with Crippen molar-refractivity contribution in [3.63, 3.8) is 0 Å². The lowest BCUT2D eigenvalue weighted by Crippen LogP contribution is -2.18. The molecular formula is C16H17ClFN. The van der Waals surface area contributed by atoms with Crippen LogP contribution in [0.1, 0.15) is 28.3 Å². The van der Waals surface area contributed by atoms with E-state index in [9.17, 15) is 4.39 Å². The van der Waals surface area contributed by atoms with Crippen molar-refractivity contribution < 1.29 is 4.39 Å². The highest BCUT2D eigenvalue weighted by molar-refractivity contribution is 6.32. The molecule has 0 saturated heterocycles. The summed E-state index contributed by atoms with van der Waals surface area (Å²) in [4.78, 5) is 0. The minimum absolute atomic E-state index is 0.0355. The van der Waals surface area contributed by atoms with E-state index >= 15 is 0 Å². The van der Waals surface area contributed by atoms with Gasteiger partial charge in [-0.2, -0.15) is 0 Å². The third kappa shape index (κ3) is 2.80. The molecule has 0 saturated carbocycles. The van der Waals surface area contributed by atoms with Crippen LogP contribution in [0.4, 0.5) is 4.39 Å². The van der Waals surface area contributed by atoms with E-state index in [4.69, 9.17) is 11.6 Å². The van der Waals surface area contributed by atoms with Gasteiger partial charge >= 0.3 is 0 Å². The highest BCUT2D eigenvalue weighted by atomic mass is 35.5. The fourth-order valence-corrected chi connectivity index (χ4v) is 2.48. The second-order valence-corrected chi connectivity index (χ2v) is 5.09. The molecule has 0 bridgehead atoms. The Kier molecular flexibility index (Phi) is 4.23. The molecule has 1 unspecified atom stereocenters. The van der Waals surface area contributed by atoms with Crippen molar-refractivity contribution in [2.75, 3.05) is 7.05 Å². The molecule has 3 heteroatoms. The lowest BCUT2D eigenvalue weighted by atomic mass is 9.96. The van der Waals surface area contributed by atoms with Crippen LogP contribution in [-0.2, 0) is 0 Å². The van der Waals surface area contributed by atoms with Crippen molar-refractivity contribution in [2.24, 2.45) is 0 Å². The minimum Gasteiger partial charge on any atom is -0.309 e. The summed E-state index contributed by atoms with van der Waals surface area (Å²) in [7, 11) is 1.88. The predicted molar refractivity (Wildman–Crippen MR) is 78.2 cm³/mol. The maximum atomic E-state index is 13.4. The van der Waals surface area contributed by atoms with Crippen LogP contribution in [0.5, 0.6) is 0 Å². The van der Waals surface area contributed by atoms with Crippen LogP contribution in [-0.4, -0.2) is 7.05 Å². The Balaban J connectivity index is 2.50. The van der Waals surface area contributed by atoms with Crippen molar-refractivity contribution in [3.8, 4) is 0 Å². The topological polar surface area (TPSA) is 12.0 Å². The number of nitrogens with one attached hydrogen (secondary N) is 1. The minimum atomic E-state index is -0.186. The Bertz CT molecular complexity index is 595. The van der Waals surface area contributed by atoms with Crippen LogP contribution < -0.4 is 5.32 Å². The summed E-state index contributed by atoms with van der Waals surface area (Å²) in [6, 6.07) is 11.1. The molecule has 2 aromatic carbocycles.